The van der Waals surface area contributed by atoms with Gasteiger partial charge in [-0.15, -0.1) is 0 Å². The molecule has 6 N–H and O–H groups in total. The van der Waals surface area contributed by atoms with Gasteiger partial charge >= 0.3 is 6.09 Å². The summed E-state index contributed by atoms with van der Waals surface area (Å²) in [5.74, 6) is -0.837. The zero-order valence-corrected chi connectivity index (χ0v) is 31.2. The third-order valence-electron chi connectivity index (χ3n) is 10.0. The Labute approximate surface area is 321 Å². The van der Waals surface area contributed by atoms with Gasteiger partial charge in [0.1, 0.15) is 30.1 Å². The number of nitrogens with two attached hydrogens (primary N) is 1. The molecule has 4 aromatic carbocycles. The summed E-state index contributed by atoms with van der Waals surface area (Å²) in [7, 11) is 0. The average Bonchev–Trinajstić information content (AvgIpc) is 3.19. The maximum Gasteiger partial charge on any atom is 0.408 e. The van der Waals surface area contributed by atoms with E-state index in [0.29, 0.717) is 59.5 Å². The molecule has 286 valence electrons. The number of carbonyl (C=O) groups excluding carboxylic acids is 4. The van der Waals surface area contributed by atoms with Crippen LogP contribution in [0.15, 0.2) is 115 Å². The van der Waals surface area contributed by atoms with Gasteiger partial charge in [-0.2, -0.15) is 0 Å². The van der Waals surface area contributed by atoms with Gasteiger partial charge in [0.05, 0.1) is 0 Å². The first-order valence-electron chi connectivity index (χ1n) is 18.7. The molecule has 11 nitrogen and oxygen atoms in total. The van der Waals surface area contributed by atoms with Crippen molar-refractivity contribution < 1.29 is 33.8 Å². The molecule has 55 heavy (non-hydrogen) atoms. The molecule has 1 aliphatic carbocycles. The number of anilines is 1. The Morgan fingerprint density at radius 2 is 1.47 bits per heavy atom. The summed E-state index contributed by atoms with van der Waals surface area (Å²) in [4.78, 5) is 54.1. The number of nitrogens with one attached hydrogen (secondary N) is 3. The van der Waals surface area contributed by atoms with Crippen LogP contribution in [-0.2, 0) is 48.9 Å². The van der Waals surface area contributed by atoms with Crippen LogP contribution >= 0.6 is 0 Å². The molecule has 1 aliphatic heterocycles. The normalized spacial score (nSPS) is 18.1. The average molecular weight is 745 g/mol. The minimum atomic E-state index is -1.79. The Morgan fingerprint density at radius 3 is 2.16 bits per heavy atom. The van der Waals surface area contributed by atoms with E-state index in [4.69, 9.17) is 15.2 Å². The van der Waals surface area contributed by atoms with E-state index in [1.54, 1.807) is 36.4 Å². The Morgan fingerprint density at radius 1 is 0.818 bits per heavy atom. The molecule has 0 radical (unpaired) electrons. The monoisotopic (exact) mass is 744 g/mol. The van der Waals surface area contributed by atoms with E-state index in [-0.39, 0.29) is 31.7 Å². The summed E-state index contributed by atoms with van der Waals surface area (Å²) in [6.07, 6.45) is 1.31. The number of Topliss-reactive ketones (excluding diaryl/α,β-unsaturated/α-hetero) is 1. The van der Waals surface area contributed by atoms with Gasteiger partial charge in [0, 0.05) is 35.2 Å². The lowest BCUT2D eigenvalue weighted by Gasteiger charge is -2.41. The molecule has 1 heterocycles. The van der Waals surface area contributed by atoms with E-state index < -0.39 is 41.2 Å². The Bertz CT molecular complexity index is 2030. The van der Waals surface area contributed by atoms with Gasteiger partial charge in [-0.05, 0) is 74.9 Å². The van der Waals surface area contributed by atoms with Crippen LogP contribution in [0.2, 0.25) is 0 Å². The van der Waals surface area contributed by atoms with Crippen LogP contribution in [0.4, 0.5) is 10.5 Å². The number of hydrogen-bond donors (Lipinski definition) is 5. The number of alkyl carbamates (subject to hydrolysis) is 1. The van der Waals surface area contributed by atoms with Crippen molar-refractivity contribution in [3.8, 4) is 0 Å². The van der Waals surface area contributed by atoms with Crippen molar-refractivity contribution in [3.05, 3.63) is 143 Å². The molecular formula is C44H48N4O7. The maximum absolute atomic E-state index is 13.9. The highest BCUT2D eigenvalue weighted by Crippen LogP contribution is 2.47. The van der Waals surface area contributed by atoms with E-state index >= 15 is 0 Å². The van der Waals surface area contributed by atoms with Gasteiger partial charge in [0.2, 0.25) is 11.8 Å². The molecule has 0 fully saturated rings. The SMILES string of the molecule is CC1(C)CCC2=C(O1)c1ccccc1C(O)(Cc1ccc(NC(=O)C(CCCN)NC(=O)[C@H](Cc3ccccc3)NC(=O)OCc3ccccc3)cc1)C2=O. The van der Waals surface area contributed by atoms with E-state index in [9.17, 15) is 24.3 Å². The molecule has 0 saturated heterocycles. The minimum absolute atomic E-state index is 0.0238. The van der Waals surface area contributed by atoms with Crippen molar-refractivity contribution in [3.63, 3.8) is 0 Å². The highest BCUT2D eigenvalue weighted by atomic mass is 16.5. The number of fused-ring (bicyclic) bond motifs is 2. The van der Waals surface area contributed by atoms with E-state index in [2.05, 4.69) is 16.0 Å². The maximum atomic E-state index is 13.9. The Balaban J connectivity index is 1.13. The van der Waals surface area contributed by atoms with Crippen LogP contribution < -0.4 is 21.7 Å². The highest BCUT2D eigenvalue weighted by Gasteiger charge is 2.49. The lowest BCUT2D eigenvalue weighted by molar-refractivity contribution is -0.135. The van der Waals surface area contributed by atoms with Crippen LogP contribution in [0.1, 0.15) is 67.3 Å². The first-order chi connectivity index (χ1) is 26.5. The summed E-state index contributed by atoms with van der Waals surface area (Å²) in [6, 6.07) is 30.6. The number of hydrogen-bond acceptors (Lipinski definition) is 8. The molecule has 0 spiro atoms. The summed E-state index contributed by atoms with van der Waals surface area (Å²) in [5.41, 5.74) is 8.04. The molecule has 2 unspecified atom stereocenters. The summed E-state index contributed by atoms with van der Waals surface area (Å²) in [6.45, 7) is 4.32. The second-order valence-corrected chi connectivity index (χ2v) is 14.7. The van der Waals surface area contributed by atoms with Gasteiger partial charge in [0.15, 0.2) is 11.4 Å². The van der Waals surface area contributed by atoms with Crippen molar-refractivity contribution in [2.45, 2.75) is 82.3 Å². The van der Waals surface area contributed by atoms with Gasteiger partial charge in [-0.1, -0.05) is 97.1 Å². The molecule has 0 bridgehead atoms. The fraction of sp³-hybridized carbons (Fsp3) is 0.318. The topological polar surface area (TPSA) is 169 Å². The molecule has 0 saturated carbocycles. The zero-order valence-electron chi connectivity index (χ0n) is 31.2. The second kappa shape index (κ2) is 17.1. The highest BCUT2D eigenvalue weighted by molar-refractivity contribution is 6.11. The fourth-order valence-electron chi connectivity index (χ4n) is 7.01. The summed E-state index contributed by atoms with van der Waals surface area (Å²) >= 11 is 0. The van der Waals surface area contributed by atoms with Crippen LogP contribution in [-0.4, -0.2) is 53.0 Å². The number of aliphatic hydroxyl groups is 1. The third-order valence-corrected chi connectivity index (χ3v) is 10.0. The van der Waals surface area contributed by atoms with Gasteiger partial charge in [0.25, 0.3) is 0 Å². The lowest BCUT2D eigenvalue weighted by Crippen LogP contribution is -2.53. The second-order valence-electron chi connectivity index (χ2n) is 14.7. The minimum Gasteiger partial charge on any atom is -0.487 e. The van der Waals surface area contributed by atoms with Crippen LogP contribution in [0.25, 0.3) is 5.76 Å². The van der Waals surface area contributed by atoms with Gasteiger partial charge in [-0.25, -0.2) is 4.79 Å². The Kier molecular flexibility index (Phi) is 12.1. The molecule has 4 aromatic rings. The number of rotatable bonds is 14. The van der Waals surface area contributed by atoms with Gasteiger partial charge in [-0.3, -0.25) is 14.4 Å². The van der Waals surface area contributed by atoms with Crippen LogP contribution in [0.5, 0.6) is 0 Å². The van der Waals surface area contributed by atoms with Crippen molar-refractivity contribution in [2.24, 2.45) is 5.73 Å². The molecule has 6 rings (SSSR count). The first-order valence-corrected chi connectivity index (χ1v) is 18.7. The van der Waals surface area contributed by atoms with E-state index in [1.165, 1.54) is 0 Å². The standard InChI is InChI=1S/C44H48N4O7/c1-43(2)24-23-34-38(55-43)33-16-9-10-17-35(33)44(53,39(34)49)27-30-19-21-32(22-20-30)46-40(50)36(18-11-25-45)47-41(51)37(26-29-12-5-3-6-13-29)48-42(52)54-28-31-14-7-4-8-15-31/h3-10,12-17,19-22,36-37,53H,11,18,23-28,45H2,1-2H3,(H,46,50)(H,47,51)(H,48,52)/t36?,37-,44?/m0/s1. The van der Waals surface area contributed by atoms with Crippen LogP contribution in [0.3, 0.4) is 0 Å². The Hall–Kier alpha value is -5.78. The van der Waals surface area contributed by atoms with Crippen LogP contribution in [0, 0.1) is 0 Å². The number of amides is 3. The molecule has 11 heteroatoms. The van der Waals surface area contributed by atoms with Gasteiger partial charge < -0.3 is 36.3 Å². The molecule has 3 atom stereocenters. The predicted molar refractivity (Wildman–Crippen MR) is 209 cm³/mol. The number of ether oxygens (including phenoxy) is 2. The quantitative estimate of drug-likeness (QED) is 0.110. The van der Waals surface area contributed by atoms with Crippen molar-refractivity contribution in [1.29, 1.82) is 0 Å². The zero-order chi connectivity index (χ0) is 39.0. The predicted octanol–water partition coefficient (Wildman–Crippen LogP) is 5.70. The largest absolute Gasteiger partial charge is 0.487 e. The number of ketones is 1. The first kappa shape index (κ1) is 38.9. The lowest BCUT2D eigenvalue weighted by atomic mass is 9.72. The van der Waals surface area contributed by atoms with Crippen molar-refractivity contribution in [2.75, 3.05) is 11.9 Å². The van der Waals surface area contributed by atoms with Crippen molar-refractivity contribution >= 4 is 35.1 Å². The summed E-state index contributed by atoms with van der Waals surface area (Å²) in [5, 5.41) is 20.4. The molecule has 2 aliphatic rings. The fourth-order valence-corrected chi connectivity index (χ4v) is 7.01. The molecule has 0 aromatic heterocycles. The number of carbonyl (C=O) groups is 4. The number of benzene rings is 4. The summed E-state index contributed by atoms with van der Waals surface area (Å²) < 4.78 is 11.7. The van der Waals surface area contributed by atoms with Crippen molar-refractivity contribution in [1.82, 2.24) is 10.6 Å². The van der Waals surface area contributed by atoms with E-state index in [1.807, 2.05) is 86.6 Å². The molecular weight excluding hydrogens is 697 g/mol. The van der Waals surface area contributed by atoms with E-state index in [0.717, 1.165) is 11.1 Å². The third kappa shape index (κ3) is 9.48. The smallest absolute Gasteiger partial charge is 0.408 e. The molecule has 3 amide bonds.